The van der Waals surface area contributed by atoms with Gasteiger partial charge in [-0.15, -0.1) is 0 Å². The number of hydrogen-bond donors (Lipinski definition) is 3. The summed E-state index contributed by atoms with van der Waals surface area (Å²) in [4.78, 5) is 4.05. The number of nitrogens with zero attached hydrogens (tertiary/aromatic N) is 2. The molecule has 0 aliphatic rings. The van der Waals surface area contributed by atoms with E-state index in [-0.39, 0.29) is 6.10 Å². The van der Waals surface area contributed by atoms with Crippen LogP contribution in [0, 0.1) is 6.10 Å². The third-order valence-electron chi connectivity index (χ3n) is 1.81. The molecule has 2 aromatic rings. The smallest absolute Gasteiger partial charge is 0.168 e. The topological polar surface area (TPSA) is 82.0 Å². The number of aromatic nitrogens is 3. The van der Waals surface area contributed by atoms with Crippen molar-refractivity contribution in [2.45, 2.75) is 0 Å². The SMILES string of the molecule is OC[C](O)c1n[nH]c2ncc(Br)cc12. The van der Waals surface area contributed by atoms with Crippen LogP contribution in [-0.4, -0.2) is 32.0 Å². The van der Waals surface area contributed by atoms with E-state index in [0.717, 1.165) is 4.47 Å². The largest absolute Gasteiger partial charge is 0.393 e. The number of fused-ring (bicyclic) bond motifs is 1. The molecule has 0 unspecified atom stereocenters. The van der Waals surface area contributed by atoms with Crippen LogP contribution in [0.5, 0.6) is 0 Å². The molecule has 0 saturated carbocycles. The predicted molar refractivity (Wildman–Crippen MR) is 53.0 cm³/mol. The molecule has 73 valence electrons. The van der Waals surface area contributed by atoms with Crippen molar-refractivity contribution < 1.29 is 10.2 Å². The lowest BCUT2D eigenvalue weighted by Gasteiger charge is -2.00. The van der Waals surface area contributed by atoms with E-state index in [1.165, 1.54) is 0 Å². The van der Waals surface area contributed by atoms with Crippen molar-refractivity contribution in [1.29, 1.82) is 0 Å². The van der Waals surface area contributed by atoms with Gasteiger partial charge in [-0.3, -0.25) is 5.10 Å². The van der Waals surface area contributed by atoms with E-state index in [1.54, 1.807) is 12.3 Å². The van der Waals surface area contributed by atoms with Crippen molar-refractivity contribution >= 4 is 27.0 Å². The van der Waals surface area contributed by atoms with Gasteiger partial charge in [0.1, 0.15) is 5.69 Å². The Morgan fingerprint density at radius 2 is 2.36 bits per heavy atom. The maximum absolute atomic E-state index is 9.35. The molecule has 0 atom stereocenters. The highest BCUT2D eigenvalue weighted by atomic mass is 79.9. The van der Waals surface area contributed by atoms with Gasteiger partial charge in [-0.05, 0) is 22.0 Å². The lowest BCUT2D eigenvalue weighted by molar-refractivity contribution is 0.203. The number of aliphatic hydroxyl groups is 2. The standard InChI is InChI=1S/C8H7BrN3O2/c9-4-1-5-7(6(14)3-13)11-12-8(5)10-2-4/h1-2,13-14H,3H2,(H,10,11,12). The van der Waals surface area contributed by atoms with Gasteiger partial charge in [0.05, 0.1) is 6.61 Å². The maximum Gasteiger partial charge on any atom is 0.168 e. The summed E-state index contributed by atoms with van der Waals surface area (Å²) >= 11 is 3.26. The van der Waals surface area contributed by atoms with Crippen LogP contribution in [0.2, 0.25) is 0 Å². The summed E-state index contributed by atoms with van der Waals surface area (Å²) in [6.45, 7) is -0.438. The molecule has 0 aliphatic carbocycles. The first kappa shape index (κ1) is 9.57. The Hall–Kier alpha value is -0.980. The van der Waals surface area contributed by atoms with E-state index in [2.05, 4.69) is 31.1 Å². The zero-order valence-corrected chi connectivity index (χ0v) is 8.61. The van der Waals surface area contributed by atoms with Crippen molar-refractivity contribution in [1.82, 2.24) is 15.2 Å². The molecule has 2 aromatic heterocycles. The number of halogens is 1. The van der Waals surface area contributed by atoms with Crippen LogP contribution in [0.25, 0.3) is 11.0 Å². The molecular weight excluding hydrogens is 250 g/mol. The van der Waals surface area contributed by atoms with Crippen LogP contribution in [0.1, 0.15) is 5.69 Å². The summed E-state index contributed by atoms with van der Waals surface area (Å²) in [6.07, 6.45) is 1.46. The Bertz CT molecular complexity index is 457. The molecule has 2 heterocycles. The summed E-state index contributed by atoms with van der Waals surface area (Å²) in [5.41, 5.74) is 0.902. The number of aliphatic hydroxyl groups excluding tert-OH is 2. The van der Waals surface area contributed by atoms with Crippen LogP contribution in [0.4, 0.5) is 0 Å². The van der Waals surface area contributed by atoms with Crippen LogP contribution < -0.4 is 0 Å². The van der Waals surface area contributed by atoms with Gasteiger partial charge in [0, 0.05) is 16.1 Å². The van der Waals surface area contributed by atoms with Crippen molar-refractivity contribution in [2.75, 3.05) is 6.61 Å². The number of rotatable bonds is 2. The molecular formula is C8H7BrN3O2. The lowest BCUT2D eigenvalue weighted by atomic mass is 10.2. The first-order chi connectivity index (χ1) is 6.72. The Morgan fingerprint density at radius 3 is 3.07 bits per heavy atom. The minimum atomic E-state index is -0.438. The van der Waals surface area contributed by atoms with E-state index >= 15 is 0 Å². The second kappa shape index (κ2) is 3.64. The Morgan fingerprint density at radius 1 is 1.57 bits per heavy atom. The van der Waals surface area contributed by atoms with E-state index in [1.807, 2.05) is 0 Å². The van der Waals surface area contributed by atoms with Gasteiger partial charge < -0.3 is 10.2 Å². The molecule has 0 amide bonds. The van der Waals surface area contributed by atoms with Crippen LogP contribution in [-0.2, 0) is 0 Å². The fourth-order valence-electron chi connectivity index (χ4n) is 1.17. The van der Waals surface area contributed by atoms with Crippen molar-refractivity contribution in [3.63, 3.8) is 0 Å². The molecule has 3 N–H and O–H groups in total. The fourth-order valence-corrected chi connectivity index (χ4v) is 1.50. The number of aromatic amines is 1. The van der Waals surface area contributed by atoms with Crippen LogP contribution in [0.15, 0.2) is 16.7 Å². The Kier molecular flexibility index (Phi) is 2.49. The fraction of sp³-hybridized carbons (Fsp3) is 0.125. The van der Waals surface area contributed by atoms with Gasteiger partial charge in [0.2, 0.25) is 0 Å². The van der Waals surface area contributed by atoms with Crippen molar-refractivity contribution in [3.8, 4) is 0 Å². The molecule has 0 saturated heterocycles. The minimum Gasteiger partial charge on any atom is -0.393 e. The van der Waals surface area contributed by atoms with E-state index in [9.17, 15) is 5.11 Å². The number of pyridine rings is 1. The molecule has 0 fully saturated rings. The second-order valence-electron chi connectivity index (χ2n) is 2.73. The van der Waals surface area contributed by atoms with E-state index in [0.29, 0.717) is 16.7 Å². The Balaban J connectivity index is 2.61. The normalized spacial score (nSPS) is 11.4. The highest BCUT2D eigenvalue weighted by Crippen LogP contribution is 2.22. The van der Waals surface area contributed by atoms with Gasteiger partial charge in [0.15, 0.2) is 11.8 Å². The molecule has 14 heavy (non-hydrogen) atoms. The molecule has 0 aromatic carbocycles. The summed E-state index contributed by atoms with van der Waals surface area (Å²) in [5.74, 6) is 0. The average molecular weight is 257 g/mol. The monoisotopic (exact) mass is 256 g/mol. The molecule has 5 nitrogen and oxygen atoms in total. The third-order valence-corrected chi connectivity index (χ3v) is 2.24. The quantitative estimate of drug-likeness (QED) is 0.748. The van der Waals surface area contributed by atoms with Crippen molar-refractivity contribution in [2.24, 2.45) is 0 Å². The summed E-state index contributed by atoms with van der Waals surface area (Å²) < 4.78 is 0.790. The van der Waals surface area contributed by atoms with Gasteiger partial charge >= 0.3 is 0 Å². The molecule has 2 rings (SSSR count). The number of nitrogens with one attached hydrogen (secondary N) is 1. The van der Waals surface area contributed by atoms with Crippen LogP contribution >= 0.6 is 15.9 Å². The molecule has 0 spiro atoms. The lowest BCUT2D eigenvalue weighted by Crippen LogP contribution is -2.04. The van der Waals surface area contributed by atoms with Gasteiger partial charge in [-0.2, -0.15) is 5.10 Å². The average Bonchev–Trinajstić information content (AvgIpc) is 2.59. The minimum absolute atomic E-state index is 0.170. The van der Waals surface area contributed by atoms with E-state index < -0.39 is 6.61 Å². The molecule has 0 bridgehead atoms. The molecule has 1 radical (unpaired) electrons. The third kappa shape index (κ3) is 1.52. The van der Waals surface area contributed by atoms with Gasteiger partial charge in [0.25, 0.3) is 0 Å². The summed E-state index contributed by atoms with van der Waals surface area (Å²) in [6, 6.07) is 1.77. The number of H-pyrrole nitrogens is 1. The first-order valence-electron chi connectivity index (χ1n) is 3.88. The highest BCUT2D eigenvalue weighted by Gasteiger charge is 2.15. The first-order valence-corrected chi connectivity index (χ1v) is 4.67. The van der Waals surface area contributed by atoms with Gasteiger partial charge in [-0.25, -0.2) is 4.98 Å². The molecule has 0 aliphatic heterocycles. The van der Waals surface area contributed by atoms with Crippen molar-refractivity contribution in [3.05, 3.63) is 28.5 Å². The second-order valence-corrected chi connectivity index (χ2v) is 3.64. The summed E-state index contributed by atoms with van der Waals surface area (Å²) in [7, 11) is 0. The Labute approximate surface area is 87.9 Å². The zero-order chi connectivity index (χ0) is 10.1. The van der Waals surface area contributed by atoms with E-state index in [4.69, 9.17) is 5.11 Å². The maximum atomic E-state index is 9.35. The van der Waals surface area contributed by atoms with Gasteiger partial charge in [-0.1, -0.05) is 0 Å². The molecule has 6 heteroatoms. The highest BCUT2D eigenvalue weighted by molar-refractivity contribution is 9.10. The summed E-state index contributed by atoms with van der Waals surface area (Å²) in [5, 5.41) is 25.3. The zero-order valence-electron chi connectivity index (χ0n) is 7.03. The predicted octanol–water partition coefficient (Wildman–Crippen LogP) is 0.965. The number of hydrogen-bond acceptors (Lipinski definition) is 4. The van der Waals surface area contributed by atoms with Crippen LogP contribution in [0.3, 0.4) is 0 Å².